The number of aromatic nitrogens is 1. The molecule has 1 aromatic heterocycles. The van der Waals surface area contributed by atoms with Crippen LogP contribution in [0.15, 0.2) is 42.5 Å². The third kappa shape index (κ3) is 1.42. The van der Waals surface area contributed by atoms with Crippen molar-refractivity contribution < 1.29 is 4.57 Å². The van der Waals surface area contributed by atoms with Gasteiger partial charge < -0.3 is 0 Å². The summed E-state index contributed by atoms with van der Waals surface area (Å²) < 4.78 is 2.27. The molecule has 2 aromatic carbocycles. The quantitative estimate of drug-likeness (QED) is 0.405. The minimum absolute atomic E-state index is 1.28. The predicted molar refractivity (Wildman–Crippen MR) is 72.1 cm³/mol. The van der Waals surface area contributed by atoms with E-state index in [1.165, 1.54) is 32.9 Å². The molecule has 84 valence electrons. The highest BCUT2D eigenvalue weighted by atomic mass is 14.9. The first-order valence-electron chi connectivity index (χ1n) is 5.96. The van der Waals surface area contributed by atoms with Crippen molar-refractivity contribution in [2.24, 2.45) is 7.05 Å². The van der Waals surface area contributed by atoms with E-state index < -0.39 is 0 Å². The van der Waals surface area contributed by atoms with Crippen LogP contribution in [0.25, 0.3) is 21.8 Å². The number of aryl methyl sites for hydroxylation is 3. The van der Waals surface area contributed by atoms with Gasteiger partial charge in [-0.1, -0.05) is 18.2 Å². The van der Waals surface area contributed by atoms with Crippen molar-refractivity contribution in [3.63, 3.8) is 0 Å². The lowest BCUT2D eigenvalue weighted by Crippen LogP contribution is -2.30. The average Bonchev–Trinajstić information content (AvgIpc) is 2.35. The number of hydrogen-bond acceptors (Lipinski definition) is 0. The van der Waals surface area contributed by atoms with E-state index >= 15 is 0 Å². The van der Waals surface area contributed by atoms with Crippen LogP contribution >= 0.6 is 0 Å². The summed E-state index contributed by atoms with van der Waals surface area (Å²) >= 11 is 0. The third-order valence-corrected chi connectivity index (χ3v) is 3.72. The van der Waals surface area contributed by atoms with Crippen LogP contribution in [-0.4, -0.2) is 0 Å². The van der Waals surface area contributed by atoms with E-state index in [1.807, 2.05) is 0 Å². The molecule has 0 aliphatic carbocycles. The van der Waals surface area contributed by atoms with Crippen LogP contribution in [-0.2, 0) is 7.05 Å². The summed E-state index contributed by atoms with van der Waals surface area (Å²) in [6.45, 7) is 4.37. The summed E-state index contributed by atoms with van der Waals surface area (Å²) in [5, 5.41) is 2.66. The maximum Gasteiger partial charge on any atom is 0.213 e. The van der Waals surface area contributed by atoms with Gasteiger partial charge in [0.1, 0.15) is 7.05 Å². The van der Waals surface area contributed by atoms with Gasteiger partial charge in [-0.2, -0.15) is 4.57 Å². The Balaban J connectivity index is 2.59. The molecule has 0 aliphatic heterocycles. The fraction of sp³-hybridized carbons (Fsp3) is 0.188. The highest BCUT2D eigenvalue weighted by Crippen LogP contribution is 2.22. The molecule has 3 rings (SSSR count). The van der Waals surface area contributed by atoms with Gasteiger partial charge in [-0.05, 0) is 37.1 Å². The molecule has 0 radical (unpaired) electrons. The van der Waals surface area contributed by atoms with E-state index in [0.29, 0.717) is 0 Å². The molecular formula is C16H16N+. The van der Waals surface area contributed by atoms with Crippen LogP contribution < -0.4 is 4.57 Å². The molecule has 1 nitrogen and oxygen atoms in total. The molecular weight excluding hydrogens is 206 g/mol. The van der Waals surface area contributed by atoms with Crippen molar-refractivity contribution in [1.82, 2.24) is 0 Å². The fourth-order valence-electron chi connectivity index (χ4n) is 2.50. The first kappa shape index (κ1) is 10.3. The van der Waals surface area contributed by atoms with Crippen LogP contribution in [0.1, 0.15) is 11.1 Å². The van der Waals surface area contributed by atoms with Gasteiger partial charge in [0, 0.05) is 17.5 Å². The molecule has 0 saturated heterocycles. The van der Waals surface area contributed by atoms with Crippen molar-refractivity contribution in [2.45, 2.75) is 13.8 Å². The highest BCUT2D eigenvalue weighted by Gasteiger charge is 2.12. The topological polar surface area (TPSA) is 3.88 Å². The SMILES string of the molecule is Cc1ccc2c(cc3ccccc3[n+]2C)c1C. The van der Waals surface area contributed by atoms with Crippen LogP contribution in [0, 0.1) is 13.8 Å². The van der Waals surface area contributed by atoms with Crippen molar-refractivity contribution in [1.29, 1.82) is 0 Å². The molecule has 0 aliphatic rings. The minimum atomic E-state index is 1.28. The van der Waals surface area contributed by atoms with E-state index in [-0.39, 0.29) is 0 Å². The first-order valence-corrected chi connectivity index (χ1v) is 5.96. The van der Waals surface area contributed by atoms with Crippen molar-refractivity contribution in [3.05, 3.63) is 53.6 Å². The summed E-state index contributed by atoms with van der Waals surface area (Å²) in [7, 11) is 2.14. The standard InChI is InChI=1S/C16H16N/c1-11-8-9-16-14(12(11)2)10-13-6-4-5-7-15(13)17(16)3/h4-10H,1-3H3/q+1. The number of hydrogen-bond donors (Lipinski definition) is 0. The first-order chi connectivity index (χ1) is 8.18. The van der Waals surface area contributed by atoms with Crippen LogP contribution in [0.4, 0.5) is 0 Å². The maximum atomic E-state index is 2.30. The van der Waals surface area contributed by atoms with Gasteiger partial charge in [0.15, 0.2) is 0 Å². The molecule has 1 heteroatoms. The maximum absolute atomic E-state index is 2.30. The van der Waals surface area contributed by atoms with Gasteiger partial charge in [-0.25, -0.2) is 0 Å². The van der Waals surface area contributed by atoms with Crippen molar-refractivity contribution >= 4 is 21.8 Å². The molecule has 0 unspecified atom stereocenters. The van der Waals surface area contributed by atoms with Gasteiger partial charge in [-0.3, -0.25) is 0 Å². The third-order valence-electron chi connectivity index (χ3n) is 3.72. The van der Waals surface area contributed by atoms with Gasteiger partial charge in [0.2, 0.25) is 11.0 Å². The van der Waals surface area contributed by atoms with E-state index in [9.17, 15) is 0 Å². The van der Waals surface area contributed by atoms with Crippen LogP contribution in [0.2, 0.25) is 0 Å². The second kappa shape index (κ2) is 3.56. The molecule has 0 amide bonds. The number of benzene rings is 2. The minimum Gasteiger partial charge on any atom is -0.194 e. The Kier molecular flexibility index (Phi) is 2.15. The Morgan fingerprint density at radius 1 is 0.882 bits per heavy atom. The van der Waals surface area contributed by atoms with E-state index in [1.54, 1.807) is 0 Å². The number of rotatable bonds is 0. The van der Waals surface area contributed by atoms with Crippen molar-refractivity contribution in [2.75, 3.05) is 0 Å². The largest absolute Gasteiger partial charge is 0.213 e. The van der Waals surface area contributed by atoms with Gasteiger partial charge in [0.05, 0.1) is 5.39 Å². The second-order valence-corrected chi connectivity index (χ2v) is 4.70. The Morgan fingerprint density at radius 2 is 1.65 bits per heavy atom. The number of nitrogens with zero attached hydrogens (tertiary/aromatic N) is 1. The summed E-state index contributed by atoms with van der Waals surface area (Å²) in [5.74, 6) is 0. The zero-order valence-electron chi connectivity index (χ0n) is 10.5. The van der Waals surface area contributed by atoms with Gasteiger partial charge >= 0.3 is 0 Å². The molecule has 0 bridgehead atoms. The monoisotopic (exact) mass is 222 g/mol. The second-order valence-electron chi connectivity index (χ2n) is 4.70. The summed E-state index contributed by atoms with van der Waals surface area (Å²) in [4.78, 5) is 0. The molecule has 3 aromatic rings. The van der Waals surface area contributed by atoms with Gasteiger partial charge in [0.25, 0.3) is 0 Å². The van der Waals surface area contributed by atoms with Crippen molar-refractivity contribution in [3.8, 4) is 0 Å². The smallest absolute Gasteiger partial charge is 0.194 e. The number of fused-ring (bicyclic) bond motifs is 2. The number of pyridine rings is 1. The Hall–Kier alpha value is -1.89. The summed E-state index contributed by atoms with van der Waals surface area (Å²) in [6.07, 6.45) is 0. The van der Waals surface area contributed by atoms with Gasteiger partial charge in [-0.15, -0.1) is 0 Å². The van der Waals surface area contributed by atoms with Crippen LogP contribution in [0.5, 0.6) is 0 Å². The summed E-state index contributed by atoms with van der Waals surface area (Å²) in [5.41, 5.74) is 5.31. The van der Waals surface area contributed by atoms with E-state index in [4.69, 9.17) is 0 Å². The normalized spacial score (nSPS) is 11.2. The molecule has 0 spiro atoms. The Labute approximate surface area is 101 Å². The lowest BCUT2D eigenvalue weighted by Gasteiger charge is -2.06. The fourth-order valence-corrected chi connectivity index (χ4v) is 2.50. The molecule has 17 heavy (non-hydrogen) atoms. The molecule has 0 saturated carbocycles. The molecule has 1 heterocycles. The average molecular weight is 222 g/mol. The Bertz CT molecular complexity index is 726. The zero-order chi connectivity index (χ0) is 12.0. The zero-order valence-corrected chi connectivity index (χ0v) is 10.5. The molecule has 0 N–H and O–H groups in total. The molecule has 0 atom stereocenters. The lowest BCUT2D eigenvalue weighted by atomic mass is 10.0. The van der Waals surface area contributed by atoms with E-state index in [2.05, 4.69) is 67.9 Å². The lowest BCUT2D eigenvalue weighted by molar-refractivity contribution is -0.617. The number of para-hydroxylation sites is 1. The molecule has 0 fully saturated rings. The summed E-state index contributed by atoms with van der Waals surface area (Å²) in [6, 6.07) is 15.2. The Morgan fingerprint density at radius 3 is 2.47 bits per heavy atom. The van der Waals surface area contributed by atoms with E-state index in [0.717, 1.165) is 0 Å². The van der Waals surface area contributed by atoms with Crippen LogP contribution in [0.3, 0.4) is 0 Å². The highest BCUT2D eigenvalue weighted by molar-refractivity contribution is 5.90. The predicted octanol–water partition coefficient (Wildman–Crippen LogP) is 3.43.